The molecule has 0 aromatic heterocycles. The lowest BCUT2D eigenvalue weighted by molar-refractivity contribution is -0.123. The van der Waals surface area contributed by atoms with Crippen LogP contribution in [0.3, 0.4) is 0 Å². The van der Waals surface area contributed by atoms with Crippen LogP contribution < -0.4 is 10.6 Å². The van der Waals surface area contributed by atoms with Gasteiger partial charge in [0, 0.05) is 24.1 Å². The molecular formula is C17H25ClN2O2. The number of rotatable bonds is 6. The third-order valence-electron chi connectivity index (χ3n) is 4.49. The second-order valence-electron chi connectivity index (χ2n) is 6.18. The number of ether oxygens (including phenoxy) is 1. The van der Waals surface area contributed by atoms with Gasteiger partial charge in [-0.05, 0) is 50.6 Å². The SMILES string of the molecule is COCC1(CNC(=O)C(C)c2cccc(Cl)c2)CCNCC1. The number of amides is 1. The molecule has 1 atom stereocenters. The third kappa shape index (κ3) is 4.45. The van der Waals surface area contributed by atoms with Crippen molar-refractivity contribution in [2.75, 3.05) is 33.4 Å². The molecule has 1 heterocycles. The molecule has 1 aliphatic heterocycles. The van der Waals surface area contributed by atoms with Crippen LogP contribution in [0.25, 0.3) is 0 Å². The normalized spacial score (nSPS) is 18.7. The molecule has 0 saturated carbocycles. The van der Waals surface area contributed by atoms with Crippen LogP contribution in [-0.2, 0) is 9.53 Å². The van der Waals surface area contributed by atoms with Crippen molar-refractivity contribution in [3.8, 4) is 0 Å². The number of piperidine rings is 1. The summed E-state index contributed by atoms with van der Waals surface area (Å²) >= 11 is 6.00. The zero-order valence-electron chi connectivity index (χ0n) is 13.3. The number of carbonyl (C=O) groups excluding carboxylic acids is 1. The topological polar surface area (TPSA) is 50.4 Å². The molecule has 122 valence electrons. The predicted octanol–water partition coefficient (Wildman–Crippen LogP) is 2.58. The molecule has 4 nitrogen and oxygen atoms in total. The van der Waals surface area contributed by atoms with Gasteiger partial charge in [-0.25, -0.2) is 0 Å². The van der Waals surface area contributed by atoms with E-state index < -0.39 is 0 Å². The molecule has 1 unspecified atom stereocenters. The van der Waals surface area contributed by atoms with Crippen molar-refractivity contribution in [3.05, 3.63) is 34.9 Å². The van der Waals surface area contributed by atoms with E-state index in [0.29, 0.717) is 18.2 Å². The van der Waals surface area contributed by atoms with Gasteiger partial charge in [0.1, 0.15) is 0 Å². The van der Waals surface area contributed by atoms with Crippen LogP contribution in [0, 0.1) is 5.41 Å². The number of benzene rings is 1. The Bertz CT molecular complexity index is 496. The fourth-order valence-electron chi connectivity index (χ4n) is 2.99. The first-order chi connectivity index (χ1) is 10.6. The van der Waals surface area contributed by atoms with Crippen molar-refractivity contribution in [2.45, 2.75) is 25.7 Å². The fourth-order valence-corrected chi connectivity index (χ4v) is 3.19. The third-order valence-corrected chi connectivity index (χ3v) is 4.73. The lowest BCUT2D eigenvalue weighted by Crippen LogP contribution is -2.47. The van der Waals surface area contributed by atoms with Crippen molar-refractivity contribution in [1.29, 1.82) is 0 Å². The van der Waals surface area contributed by atoms with Crippen LogP contribution in [0.5, 0.6) is 0 Å². The smallest absolute Gasteiger partial charge is 0.227 e. The van der Waals surface area contributed by atoms with Crippen molar-refractivity contribution < 1.29 is 9.53 Å². The van der Waals surface area contributed by atoms with Gasteiger partial charge in [-0.15, -0.1) is 0 Å². The maximum Gasteiger partial charge on any atom is 0.227 e. The van der Waals surface area contributed by atoms with Crippen LogP contribution in [0.2, 0.25) is 5.02 Å². The van der Waals surface area contributed by atoms with Crippen LogP contribution in [0.1, 0.15) is 31.2 Å². The highest BCUT2D eigenvalue weighted by atomic mass is 35.5. The zero-order chi connectivity index (χ0) is 16.0. The maximum atomic E-state index is 12.4. The van der Waals surface area contributed by atoms with Gasteiger partial charge in [0.05, 0.1) is 12.5 Å². The average Bonchev–Trinajstić information content (AvgIpc) is 2.53. The number of methoxy groups -OCH3 is 1. The Morgan fingerprint density at radius 1 is 1.45 bits per heavy atom. The molecule has 0 bridgehead atoms. The molecule has 22 heavy (non-hydrogen) atoms. The Labute approximate surface area is 137 Å². The molecule has 0 radical (unpaired) electrons. The molecule has 2 rings (SSSR count). The van der Waals surface area contributed by atoms with E-state index in [0.717, 1.165) is 31.5 Å². The summed E-state index contributed by atoms with van der Waals surface area (Å²) in [5, 5.41) is 7.12. The van der Waals surface area contributed by atoms with E-state index in [1.165, 1.54) is 0 Å². The summed E-state index contributed by atoms with van der Waals surface area (Å²) in [6.45, 7) is 5.20. The van der Waals surface area contributed by atoms with Gasteiger partial charge in [-0.3, -0.25) is 4.79 Å². The Morgan fingerprint density at radius 2 is 2.18 bits per heavy atom. The molecule has 1 saturated heterocycles. The summed E-state index contributed by atoms with van der Waals surface area (Å²) in [5.74, 6) is -0.170. The highest BCUT2D eigenvalue weighted by molar-refractivity contribution is 6.30. The van der Waals surface area contributed by atoms with E-state index in [-0.39, 0.29) is 17.2 Å². The second kappa shape index (κ2) is 7.95. The Balaban J connectivity index is 1.95. The molecule has 1 aromatic carbocycles. The summed E-state index contributed by atoms with van der Waals surface area (Å²) in [7, 11) is 1.72. The highest BCUT2D eigenvalue weighted by Crippen LogP contribution is 2.28. The molecule has 5 heteroatoms. The van der Waals surface area contributed by atoms with Crippen molar-refractivity contribution in [2.24, 2.45) is 5.41 Å². The molecule has 1 amide bonds. The van der Waals surface area contributed by atoms with E-state index in [2.05, 4.69) is 10.6 Å². The van der Waals surface area contributed by atoms with Gasteiger partial charge in [-0.2, -0.15) is 0 Å². The molecule has 1 aromatic rings. The van der Waals surface area contributed by atoms with Crippen molar-refractivity contribution in [3.63, 3.8) is 0 Å². The summed E-state index contributed by atoms with van der Waals surface area (Å²) in [4.78, 5) is 12.4. The minimum absolute atomic E-state index is 0.0382. The first-order valence-corrected chi connectivity index (χ1v) is 8.17. The van der Waals surface area contributed by atoms with Crippen LogP contribution in [0.15, 0.2) is 24.3 Å². The quantitative estimate of drug-likeness (QED) is 0.845. The van der Waals surface area contributed by atoms with Crippen molar-refractivity contribution in [1.82, 2.24) is 10.6 Å². The minimum atomic E-state index is -0.208. The lowest BCUT2D eigenvalue weighted by Gasteiger charge is -2.37. The van der Waals surface area contributed by atoms with Crippen LogP contribution in [-0.4, -0.2) is 39.3 Å². The van der Waals surface area contributed by atoms with Crippen molar-refractivity contribution >= 4 is 17.5 Å². The highest BCUT2D eigenvalue weighted by Gasteiger charge is 2.33. The monoisotopic (exact) mass is 324 g/mol. The number of hydrogen-bond acceptors (Lipinski definition) is 3. The maximum absolute atomic E-state index is 12.4. The van der Waals surface area contributed by atoms with Gasteiger partial charge < -0.3 is 15.4 Å². The first-order valence-electron chi connectivity index (χ1n) is 7.79. The largest absolute Gasteiger partial charge is 0.384 e. The number of nitrogens with one attached hydrogen (secondary N) is 2. The Hall–Kier alpha value is -1.10. The zero-order valence-corrected chi connectivity index (χ0v) is 14.1. The molecule has 0 spiro atoms. The summed E-state index contributed by atoms with van der Waals surface area (Å²) in [5.41, 5.74) is 0.986. The second-order valence-corrected chi connectivity index (χ2v) is 6.61. The van der Waals surface area contributed by atoms with Gasteiger partial charge >= 0.3 is 0 Å². The number of carbonyl (C=O) groups is 1. The number of hydrogen-bond donors (Lipinski definition) is 2. The lowest BCUT2D eigenvalue weighted by atomic mass is 9.79. The standard InChI is InChI=1S/C17H25ClN2O2/c1-13(14-4-3-5-15(18)10-14)16(21)20-11-17(12-22-2)6-8-19-9-7-17/h3-5,10,13,19H,6-9,11-12H2,1-2H3,(H,20,21). The summed E-state index contributed by atoms with van der Waals surface area (Å²) in [6.07, 6.45) is 2.04. The molecule has 0 aliphatic carbocycles. The molecule has 2 N–H and O–H groups in total. The summed E-state index contributed by atoms with van der Waals surface area (Å²) in [6, 6.07) is 7.48. The average molecular weight is 325 g/mol. The van der Waals surface area contributed by atoms with E-state index in [9.17, 15) is 4.79 Å². The molecule has 1 fully saturated rings. The summed E-state index contributed by atoms with van der Waals surface area (Å²) < 4.78 is 5.38. The van der Waals surface area contributed by atoms with Gasteiger partial charge in [0.15, 0.2) is 0 Å². The number of halogens is 1. The van der Waals surface area contributed by atoms with Gasteiger partial charge in [0.2, 0.25) is 5.91 Å². The van der Waals surface area contributed by atoms with Crippen LogP contribution >= 0.6 is 11.6 Å². The van der Waals surface area contributed by atoms with E-state index in [1.54, 1.807) is 7.11 Å². The Morgan fingerprint density at radius 3 is 2.82 bits per heavy atom. The van der Waals surface area contributed by atoms with Gasteiger partial charge in [-0.1, -0.05) is 23.7 Å². The molecular weight excluding hydrogens is 300 g/mol. The first kappa shape index (κ1) is 17.3. The van der Waals surface area contributed by atoms with E-state index in [4.69, 9.17) is 16.3 Å². The van der Waals surface area contributed by atoms with E-state index in [1.807, 2.05) is 31.2 Å². The predicted molar refractivity (Wildman–Crippen MR) is 89.3 cm³/mol. The fraction of sp³-hybridized carbons (Fsp3) is 0.588. The Kier molecular flexibility index (Phi) is 6.24. The van der Waals surface area contributed by atoms with Crippen LogP contribution in [0.4, 0.5) is 0 Å². The minimum Gasteiger partial charge on any atom is -0.384 e. The van der Waals surface area contributed by atoms with Gasteiger partial charge in [0.25, 0.3) is 0 Å². The van der Waals surface area contributed by atoms with E-state index >= 15 is 0 Å². The molecule has 1 aliphatic rings.